The number of aryl methyl sites for hydroxylation is 2. The number of aromatic nitrogens is 3. The first-order valence-electron chi connectivity index (χ1n) is 9.92. The summed E-state index contributed by atoms with van der Waals surface area (Å²) in [6.07, 6.45) is 7.89. The highest BCUT2D eigenvalue weighted by atomic mass is 16.5. The lowest BCUT2D eigenvalue weighted by molar-refractivity contribution is 0.166. The third-order valence-electron chi connectivity index (χ3n) is 6.32. The fourth-order valence-corrected chi connectivity index (χ4v) is 4.98. The van der Waals surface area contributed by atoms with Gasteiger partial charge in [0.05, 0.1) is 12.8 Å². The lowest BCUT2D eigenvalue weighted by Gasteiger charge is -2.35. The topological polar surface area (TPSA) is 43.2 Å². The standard InChI is InChI=1S/C22H26N4O/c1-4-25-12-15(18-10-17(27-3)6-8-21(18)25)13-26-16-5-7-22(26)19-11-23-14(2)24-20(19)9-16/h6,8,10-12,16,22H,4-5,7,9,13H2,1-3H3/t16-,22-/m0/s1. The number of nitrogens with zero attached hydrogens (tertiary/aromatic N) is 4. The van der Waals surface area contributed by atoms with Crippen LogP contribution in [-0.4, -0.2) is 32.6 Å². The lowest BCUT2D eigenvalue weighted by atomic mass is 9.98. The molecule has 2 bridgehead atoms. The number of ether oxygens (including phenoxy) is 1. The van der Waals surface area contributed by atoms with Gasteiger partial charge in [0.25, 0.3) is 0 Å². The molecule has 5 rings (SSSR count). The van der Waals surface area contributed by atoms with Crippen molar-refractivity contribution in [2.75, 3.05) is 7.11 Å². The monoisotopic (exact) mass is 362 g/mol. The number of methoxy groups -OCH3 is 1. The second-order valence-corrected chi connectivity index (χ2v) is 7.77. The van der Waals surface area contributed by atoms with Crippen LogP contribution in [0.3, 0.4) is 0 Å². The molecule has 0 spiro atoms. The van der Waals surface area contributed by atoms with Gasteiger partial charge in [-0.15, -0.1) is 0 Å². The SMILES string of the molecule is CCn1cc(CN2[C@H]3CC[C@H]2c2cnc(C)nc2C3)c2cc(OC)ccc21. The van der Waals surface area contributed by atoms with Crippen LogP contribution in [0.1, 0.15) is 48.5 Å². The minimum Gasteiger partial charge on any atom is -0.497 e. The van der Waals surface area contributed by atoms with E-state index in [-0.39, 0.29) is 0 Å². The Morgan fingerprint density at radius 3 is 2.96 bits per heavy atom. The summed E-state index contributed by atoms with van der Waals surface area (Å²) < 4.78 is 7.83. The van der Waals surface area contributed by atoms with Crippen LogP contribution in [0.4, 0.5) is 0 Å². The molecule has 140 valence electrons. The van der Waals surface area contributed by atoms with Crippen molar-refractivity contribution in [1.29, 1.82) is 0 Å². The molecule has 4 heterocycles. The Morgan fingerprint density at radius 2 is 2.15 bits per heavy atom. The fraction of sp³-hybridized carbons (Fsp3) is 0.455. The Hall–Kier alpha value is -2.40. The molecule has 2 aliphatic rings. The summed E-state index contributed by atoms with van der Waals surface area (Å²) in [4.78, 5) is 11.9. The van der Waals surface area contributed by atoms with E-state index in [4.69, 9.17) is 9.72 Å². The van der Waals surface area contributed by atoms with Crippen molar-refractivity contribution in [1.82, 2.24) is 19.4 Å². The van der Waals surface area contributed by atoms with Crippen LogP contribution >= 0.6 is 0 Å². The largest absolute Gasteiger partial charge is 0.497 e. The third kappa shape index (κ3) is 2.64. The van der Waals surface area contributed by atoms with Crippen LogP contribution in [0.25, 0.3) is 10.9 Å². The van der Waals surface area contributed by atoms with Crippen molar-refractivity contribution in [3.63, 3.8) is 0 Å². The maximum Gasteiger partial charge on any atom is 0.125 e. The van der Waals surface area contributed by atoms with E-state index in [1.54, 1.807) is 7.11 Å². The van der Waals surface area contributed by atoms with E-state index in [2.05, 4.69) is 52.0 Å². The first kappa shape index (κ1) is 16.8. The Balaban J connectivity index is 1.53. The van der Waals surface area contributed by atoms with E-state index in [9.17, 15) is 0 Å². The Labute approximate surface area is 160 Å². The van der Waals surface area contributed by atoms with Crippen LogP contribution < -0.4 is 4.74 Å². The van der Waals surface area contributed by atoms with Gasteiger partial charge in [-0.1, -0.05) is 0 Å². The first-order valence-corrected chi connectivity index (χ1v) is 9.92. The molecule has 2 aromatic heterocycles. The van der Waals surface area contributed by atoms with E-state index < -0.39 is 0 Å². The molecule has 1 aromatic carbocycles. The summed E-state index contributed by atoms with van der Waals surface area (Å²) in [5, 5.41) is 1.31. The van der Waals surface area contributed by atoms with Crippen LogP contribution in [0.15, 0.2) is 30.6 Å². The minimum absolute atomic E-state index is 0.449. The van der Waals surface area contributed by atoms with Crippen LogP contribution in [0.5, 0.6) is 5.75 Å². The molecule has 1 fully saturated rings. The van der Waals surface area contributed by atoms with Crippen molar-refractivity contribution in [3.05, 3.63) is 53.2 Å². The Morgan fingerprint density at radius 1 is 1.26 bits per heavy atom. The number of benzene rings is 1. The van der Waals surface area contributed by atoms with Gasteiger partial charge in [-0.05, 0) is 50.5 Å². The van der Waals surface area contributed by atoms with E-state index >= 15 is 0 Å². The molecule has 0 saturated carbocycles. The Bertz CT molecular complexity index is 1010. The summed E-state index contributed by atoms with van der Waals surface area (Å²) in [5.74, 6) is 1.81. The zero-order chi connectivity index (χ0) is 18.5. The van der Waals surface area contributed by atoms with Crippen molar-refractivity contribution >= 4 is 10.9 Å². The number of hydrogen-bond donors (Lipinski definition) is 0. The van der Waals surface area contributed by atoms with Crippen molar-refractivity contribution < 1.29 is 4.74 Å². The molecule has 0 N–H and O–H groups in total. The van der Waals surface area contributed by atoms with E-state index in [0.717, 1.165) is 31.1 Å². The lowest BCUT2D eigenvalue weighted by Crippen LogP contribution is -2.37. The predicted octanol–water partition coefficient (Wildman–Crippen LogP) is 4.03. The van der Waals surface area contributed by atoms with Crippen LogP contribution in [0.2, 0.25) is 0 Å². The van der Waals surface area contributed by atoms with Gasteiger partial charge in [-0.2, -0.15) is 0 Å². The van der Waals surface area contributed by atoms with Gasteiger partial charge in [0, 0.05) is 60.5 Å². The molecule has 27 heavy (non-hydrogen) atoms. The maximum atomic E-state index is 5.48. The molecule has 2 atom stereocenters. The summed E-state index contributed by atoms with van der Waals surface area (Å²) in [7, 11) is 1.74. The van der Waals surface area contributed by atoms with E-state index in [1.165, 1.54) is 40.6 Å². The zero-order valence-corrected chi connectivity index (χ0v) is 16.3. The normalized spacial score (nSPS) is 21.6. The highest BCUT2D eigenvalue weighted by Crippen LogP contribution is 2.44. The average Bonchev–Trinajstić information content (AvgIpc) is 3.17. The van der Waals surface area contributed by atoms with Crippen molar-refractivity contribution in [2.45, 2.75) is 58.3 Å². The second kappa shape index (κ2) is 6.34. The summed E-state index contributed by atoms with van der Waals surface area (Å²) in [6, 6.07) is 7.45. The highest BCUT2D eigenvalue weighted by molar-refractivity contribution is 5.85. The minimum atomic E-state index is 0.449. The van der Waals surface area contributed by atoms with Crippen LogP contribution in [-0.2, 0) is 19.5 Å². The Kier molecular flexibility index (Phi) is 3.93. The van der Waals surface area contributed by atoms with Gasteiger partial charge in [0.1, 0.15) is 11.6 Å². The summed E-state index contributed by atoms with van der Waals surface area (Å²) in [6.45, 7) is 6.14. The molecular formula is C22H26N4O. The van der Waals surface area contributed by atoms with Gasteiger partial charge in [0.15, 0.2) is 0 Å². The number of rotatable bonds is 4. The van der Waals surface area contributed by atoms with E-state index in [0.29, 0.717) is 12.1 Å². The first-order chi connectivity index (χ1) is 13.2. The molecule has 0 radical (unpaired) electrons. The third-order valence-corrected chi connectivity index (χ3v) is 6.32. The predicted molar refractivity (Wildman–Crippen MR) is 106 cm³/mol. The molecule has 2 aliphatic heterocycles. The molecule has 1 saturated heterocycles. The van der Waals surface area contributed by atoms with Gasteiger partial charge in [-0.3, -0.25) is 4.90 Å². The fourth-order valence-electron chi connectivity index (χ4n) is 4.98. The molecule has 3 aromatic rings. The van der Waals surface area contributed by atoms with E-state index in [1.807, 2.05) is 6.92 Å². The maximum absolute atomic E-state index is 5.48. The van der Waals surface area contributed by atoms with Crippen molar-refractivity contribution in [2.24, 2.45) is 0 Å². The number of hydrogen-bond acceptors (Lipinski definition) is 4. The van der Waals surface area contributed by atoms with Gasteiger partial charge < -0.3 is 9.30 Å². The number of fused-ring (bicyclic) bond motifs is 5. The average molecular weight is 362 g/mol. The van der Waals surface area contributed by atoms with Gasteiger partial charge in [-0.25, -0.2) is 9.97 Å². The molecule has 5 heteroatoms. The second-order valence-electron chi connectivity index (χ2n) is 7.77. The molecular weight excluding hydrogens is 336 g/mol. The summed E-state index contributed by atoms with van der Waals surface area (Å²) >= 11 is 0. The molecule has 0 aliphatic carbocycles. The van der Waals surface area contributed by atoms with Gasteiger partial charge in [0.2, 0.25) is 0 Å². The van der Waals surface area contributed by atoms with Gasteiger partial charge >= 0.3 is 0 Å². The molecule has 5 nitrogen and oxygen atoms in total. The summed E-state index contributed by atoms with van der Waals surface area (Å²) in [5.41, 5.74) is 5.28. The molecule has 0 unspecified atom stereocenters. The van der Waals surface area contributed by atoms with Crippen molar-refractivity contribution in [3.8, 4) is 5.75 Å². The molecule has 0 amide bonds. The smallest absolute Gasteiger partial charge is 0.125 e. The zero-order valence-electron chi connectivity index (χ0n) is 16.3. The quantitative estimate of drug-likeness (QED) is 0.703. The highest BCUT2D eigenvalue weighted by Gasteiger charge is 2.40. The van der Waals surface area contributed by atoms with Crippen LogP contribution in [0, 0.1) is 6.92 Å².